The molecule has 0 spiro atoms. The van der Waals surface area contributed by atoms with E-state index in [1.807, 2.05) is 30.0 Å². The van der Waals surface area contributed by atoms with Gasteiger partial charge in [0.15, 0.2) is 0 Å². The molecule has 0 aliphatic carbocycles. The highest BCUT2D eigenvalue weighted by Crippen LogP contribution is 2.36. The molecule has 1 aliphatic heterocycles. The Morgan fingerprint density at radius 3 is 2.81 bits per heavy atom. The summed E-state index contributed by atoms with van der Waals surface area (Å²) < 4.78 is 0.753. The van der Waals surface area contributed by atoms with E-state index in [0.717, 1.165) is 21.7 Å². The Hall–Kier alpha value is -0.920. The number of aromatic amines is 1. The van der Waals surface area contributed by atoms with E-state index in [0.29, 0.717) is 11.4 Å². The third-order valence-electron chi connectivity index (χ3n) is 3.18. The van der Waals surface area contributed by atoms with Gasteiger partial charge in [-0.1, -0.05) is 34.1 Å². The van der Waals surface area contributed by atoms with Gasteiger partial charge in [0.1, 0.15) is 11.4 Å². The minimum atomic E-state index is -0.305. The second-order valence-electron chi connectivity index (χ2n) is 4.56. The van der Waals surface area contributed by atoms with Crippen LogP contribution in [0, 0.1) is 0 Å². The van der Waals surface area contributed by atoms with Crippen molar-refractivity contribution in [3.05, 3.63) is 44.9 Å². The first-order valence-corrected chi connectivity index (χ1v) is 9.44. The van der Waals surface area contributed by atoms with Gasteiger partial charge in [-0.15, -0.1) is 11.8 Å². The van der Waals surface area contributed by atoms with Gasteiger partial charge in [-0.05, 0) is 6.07 Å². The van der Waals surface area contributed by atoms with Crippen LogP contribution in [0.4, 0.5) is 0 Å². The summed E-state index contributed by atoms with van der Waals surface area (Å²) in [6, 6.07) is 7.29. The predicted molar refractivity (Wildman–Crippen MR) is 92.2 cm³/mol. The number of aromatic nitrogens is 2. The number of nitrogens with zero attached hydrogens (tertiary/aromatic N) is 1. The molecule has 1 fully saturated rings. The van der Waals surface area contributed by atoms with E-state index in [2.05, 4.69) is 25.9 Å². The van der Waals surface area contributed by atoms with E-state index in [-0.39, 0.29) is 22.3 Å². The van der Waals surface area contributed by atoms with Gasteiger partial charge >= 0.3 is 0 Å². The van der Waals surface area contributed by atoms with Crippen molar-refractivity contribution in [3.63, 3.8) is 0 Å². The van der Waals surface area contributed by atoms with Gasteiger partial charge in [0, 0.05) is 27.3 Å². The lowest BCUT2D eigenvalue weighted by Crippen LogP contribution is -2.18. The number of rotatable bonds is 2. The number of aromatic hydroxyl groups is 1. The maximum Gasteiger partial charge on any atom is 0.262 e. The minimum absolute atomic E-state index is 0.135. The van der Waals surface area contributed by atoms with Crippen LogP contribution in [0.15, 0.2) is 33.5 Å². The Kier molecular flexibility index (Phi) is 4.61. The minimum Gasteiger partial charge on any atom is -0.493 e. The van der Waals surface area contributed by atoms with E-state index in [1.165, 1.54) is 0 Å². The molecule has 3 rings (SSSR count). The Labute approximate surface area is 138 Å². The summed E-state index contributed by atoms with van der Waals surface area (Å²) in [6.07, 6.45) is 0. The molecule has 0 amide bonds. The lowest BCUT2D eigenvalue weighted by molar-refractivity contribution is 0.450. The molecule has 1 saturated heterocycles. The number of halogens is 1. The summed E-state index contributed by atoms with van der Waals surface area (Å²) in [5.41, 5.74) is 0.543. The smallest absolute Gasteiger partial charge is 0.262 e. The van der Waals surface area contributed by atoms with Crippen molar-refractivity contribution in [1.82, 2.24) is 9.97 Å². The summed E-state index contributed by atoms with van der Waals surface area (Å²) in [7, 11) is 0. The third-order valence-corrected chi connectivity index (χ3v) is 6.64. The van der Waals surface area contributed by atoms with Crippen LogP contribution in [-0.2, 0) is 0 Å². The number of H-pyrrole nitrogens is 1. The Bertz CT molecular complexity index is 714. The van der Waals surface area contributed by atoms with Crippen molar-refractivity contribution in [3.8, 4) is 17.0 Å². The molecule has 110 valence electrons. The van der Waals surface area contributed by atoms with Gasteiger partial charge in [0.05, 0.1) is 5.25 Å². The molecule has 1 atom stereocenters. The van der Waals surface area contributed by atoms with Gasteiger partial charge in [-0.2, -0.15) is 16.7 Å². The van der Waals surface area contributed by atoms with E-state index in [1.54, 1.807) is 17.8 Å². The second kappa shape index (κ2) is 6.46. The molecule has 4 nitrogen and oxygen atoms in total. The summed E-state index contributed by atoms with van der Waals surface area (Å²) in [5, 5.41) is 10.3. The van der Waals surface area contributed by atoms with E-state index in [9.17, 15) is 9.90 Å². The highest BCUT2D eigenvalue weighted by atomic mass is 79.9. The van der Waals surface area contributed by atoms with Gasteiger partial charge in [-0.3, -0.25) is 4.79 Å². The molecule has 0 saturated carbocycles. The highest BCUT2D eigenvalue weighted by molar-refractivity contribution is 9.10. The molecule has 21 heavy (non-hydrogen) atoms. The summed E-state index contributed by atoms with van der Waals surface area (Å²) in [5.74, 6) is 3.40. The van der Waals surface area contributed by atoms with Crippen molar-refractivity contribution < 1.29 is 5.11 Å². The summed E-state index contributed by atoms with van der Waals surface area (Å²) in [4.78, 5) is 19.4. The van der Waals surface area contributed by atoms with Crippen LogP contribution in [0.3, 0.4) is 0 Å². The van der Waals surface area contributed by atoms with Crippen molar-refractivity contribution in [2.75, 3.05) is 17.3 Å². The molecule has 7 heteroatoms. The topological polar surface area (TPSA) is 66.0 Å². The summed E-state index contributed by atoms with van der Waals surface area (Å²) >= 11 is 7.00. The largest absolute Gasteiger partial charge is 0.493 e. The maximum atomic E-state index is 12.4. The predicted octanol–water partition coefficient (Wildman–Crippen LogP) is 3.43. The van der Waals surface area contributed by atoms with Crippen LogP contribution in [0.2, 0.25) is 0 Å². The standard InChI is InChI=1S/C14H13BrN2O2S2/c15-9-4-2-1-3-8(9)11-13(18)16-12(17-14(11)19)10-7-20-5-6-21-10/h1-4,10H,5-7H2,(H2,16,17,18,19). The zero-order chi connectivity index (χ0) is 14.8. The van der Waals surface area contributed by atoms with Gasteiger partial charge in [0.25, 0.3) is 5.56 Å². The fourth-order valence-electron chi connectivity index (χ4n) is 2.18. The molecule has 2 heterocycles. The van der Waals surface area contributed by atoms with Gasteiger partial charge < -0.3 is 10.1 Å². The van der Waals surface area contributed by atoms with Crippen LogP contribution in [0.5, 0.6) is 5.88 Å². The van der Waals surface area contributed by atoms with E-state index >= 15 is 0 Å². The third kappa shape index (κ3) is 3.14. The van der Waals surface area contributed by atoms with E-state index < -0.39 is 0 Å². The molecular formula is C14H13BrN2O2S2. The maximum absolute atomic E-state index is 12.4. The lowest BCUT2D eigenvalue weighted by Gasteiger charge is -2.20. The summed E-state index contributed by atoms with van der Waals surface area (Å²) in [6.45, 7) is 0. The Morgan fingerprint density at radius 1 is 1.33 bits per heavy atom. The molecule has 0 bridgehead atoms. The molecule has 1 unspecified atom stereocenters. The first-order valence-electron chi connectivity index (χ1n) is 6.44. The van der Waals surface area contributed by atoms with Crippen LogP contribution < -0.4 is 5.56 Å². The van der Waals surface area contributed by atoms with Gasteiger partial charge in [-0.25, -0.2) is 0 Å². The van der Waals surface area contributed by atoms with E-state index in [4.69, 9.17) is 0 Å². The average molecular weight is 385 g/mol. The van der Waals surface area contributed by atoms with Crippen LogP contribution in [0.1, 0.15) is 11.1 Å². The molecule has 1 aromatic heterocycles. The molecule has 1 aliphatic rings. The SMILES string of the molecule is O=c1[nH]c(C2CSCCS2)nc(O)c1-c1ccccc1Br. The normalized spacial score (nSPS) is 18.6. The molecule has 0 radical (unpaired) electrons. The molecule has 1 aromatic carbocycles. The van der Waals surface area contributed by atoms with Crippen LogP contribution in [-0.4, -0.2) is 32.3 Å². The quantitative estimate of drug-likeness (QED) is 0.829. The molecule has 2 aromatic rings. The first kappa shape index (κ1) is 15.0. The van der Waals surface area contributed by atoms with Crippen molar-refractivity contribution in [2.45, 2.75) is 5.25 Å². The van der Waals surface area contributed by atoms with Crippen LogP contribution in [0.25, 0.3) is 11.1 Å². The van der Waals surface area contributed by atoms with Crippen molar-refractivity contribution in [2.24, 2.45) is 0 Å². The Balaban J connectivity index is 2.05. The number of nitrogens with one attached hydrogen (secondary N) is 1. The zero-order valence-electron chi connectivity index (χ0n) is 11.0. The van der Waals surface area contributed by atoms with Gasteiger partial charge in [0.2, 0.25) is 5.88 Å². The number of benzene rings is 1. The zero-order valence-corrected chi connectivity index (χ0v) is 14.2. The average Bonchev–Trinajstić information content (AvgIpc) is 2.49. The first-order chi connectivity index (χ1) is 10.2. The van der Waals surface area contributed by atoms with Crippen LogP contribution >= 0.6 is 39.5 Å². The molecule has 2 N–H and O–H groups in total. The Morgan fingerprint density at radius 2 is 2.14 bits per heavy atom. The molecular weight excluding hydrogens is 372 g/mol. The number of hydrogen-bond donors (Lipinski definition) is 2. The number of thioether (sulfide) groups is 2. The van der Waals surface area contributed by atoms with Crippen molar-refractivity contribution in [1.29, 1.82) is 0 Å². The number of hydrogen-bond acceptors (Lipinski definition) is 5. The fraction of sp³-hybridized carbons (Fsp3) is 0.286. The fourth-order valence-corrected chi connectivity index (χ4v) is 5.29. The monoisotopic (exact) mass is 384 g/mol. The second-order valence-corrected chi connectivity index (χ2v) is 7.88. The lowest BCUT2D eigenvalue weighted by atomic mass is 10.1. The van der Waals surface area contributed by atoms with Crippen molar-refractivity contribution >= 4 is 39.5 Å². The highest BCUT2D eigenvalue weighted by Gasteiger charge is 2.22.